The van der Waals surface area contributed by atoms with Crippen molar-refractivity contribution in [2.75, 3.05) is 11.1 Å². The second kappa shape index (κ2) is 12.2. The van der Waals surface area contributed by atoms with Gasteiger partial charge in [0.25, 0.3) is 5.91 Å². The lowest BCUT2D eigenvalue weighted by molar-refractivity contribution is -0.113. The van der Waals surface area contributed by atoms with E-state index in [1.54, 1.807) is 25.1 Å². The highest BCUT2D eigenvalue weighted by molar-refractivity contribution is 7.99. The van der Waals surface area contributed by atoms with Crippen LogP contribution in [-0.2, 0) is 11.3 Å². The summed E-state index contributed by atoms with van der Waals surface area (Å²) in [5, 5.41) is 15.5. The van der Waals surface area contributed by atoms with Crippen molar-refractivity contribution in [3.05, 3.63) is 82.1 Å². The van der Waals surface area contributed by atoms with E-state index in [0.717, 1.165) is 5.69 Å². The van der Waals surface area contributed by atoms with E-state index in [4.69, 9.17) is 23.2 Å². The molecule has 3 aromatic rings. The number of allylic oxidation sites excluding steroid dienone is 1. The van der Waals surface area contributed by atoms with Crippen LogP contribution in [0.5, 0.6) is 0 Å². The summed E-state index contributed by atoms with van der Waals surface area (Å²) in [6, 6.07) is 12.0. The first-order chi connectivity index (χ1) is 16.7. The molecule has 1 atom stereocenters. The predicted octanol–water partition coefficient (Wildman–Crippen LogP) is 6.12. The van der Waals surface area contributed by atoms with Gasteiger partial charge in [-0.1, -0.05) is 67.0 Å². The predicted molar refractivity (Wildman–Crippen MR) is 142 cm³/mol. The maximum atomic E-state index is 12.7. The molecule has 0 saturated heterocycles. The molecule has 0 bridgehead atoms. The standard InChI is InChI=1S/C25H27Cl2N5O2S/c1-5-12-32-23(16(4)28-24(34)20-11-8-18(26)13-21(20)27)30-31-25(32)35-14-22(33)29-19-9-6-17(7-10-19)15(2)3/h5-11,13,15-16H,1,12,14H2,2-4H3,(H,28,34)(H,29,33)/t16-/m0/s1. The average molecular weight is 532 g/mol. The van der Waals surface area contributed by atoms with Gasteiger partial charge in [0.15, 0.2) is 11.0 Å². The number of hydrogen-bond donors (Lipinski definition) is 2. The first-order valence-corrected chi connectivity index (χ1v) is 12.8. The van der Waals surface area contributed by atoms with E-state index >= 15 is 0 Å². The minimum absolute atomic E-state index is 0.152. The van der Waals surface area contributed by atoms with Crippen LogP contribution in [0.15, 0.2) is 60.3 Å². The lowest BCUT2D eigenvalue weighted by Gasteiger charge is -2.16. The van der Waals surface area contributed by atoms with Crippen molar-refractivity contribution < 1.29 is 9.59 Å². The highest BCUT2D eigenvalue weighted by atomic mass is 35.5. The van der Waals surface area contributed by atoms with Crippen molar-refractivity contribution in [1.29, 1.82) is 0 Å². The van der Waals surface area contributed by atoms with Crippen LogP contribution in [0.25, 0.3) is 0 Å². The molecule has 0 radical (unpaired) electrons. The normalized spacial score (nSPS) is 11.8. The molecule has 10 heteroatoms. The van der Waals surface area contributed by atoms with Gasteiger partial charge in [-0.05, 0) is 48.7 Å². The van der Waals surface area contributed by atoms with Gasteiger partial charge in [-0.2, -0.15) is 0 Å². The van der Waals surface area contributed by atoms with Crippen molar-refractivity contribution in [2.24, 2.45) is 0 Å². The van der Waals surface area contributed by atoms with Crippen LogP contribution in [0.4, 0.5) is 5.69 Å². The number of amides is 2. The summed E-state index contributed by atoms with van der Waals surface area (Å²) in [5.74, 6) is 0.610. The number of carbonyl (C=O) groups is 2. The third-order valence-electron chi connectivity index (χ3n) is 5.16. The van der Waals surface area contributed by atoms with Crippen LogP contribution in [0, 0.1) is 0 Å². The molecule has 2 amide bonds. The van der Waals surface area contributed by atoms with Crippen LogP contribution >= 0.6 is 35.0 Å². The number of anilines is 1. The zero-order chi connectivity index (χ0) is 25.5. The Labute approximate surface area is 219 Å². The number of aromatic nitrogens is 3. The van der Waals surface area contributed by atoms with E-state index in [0.29, 0.717) is 34.0 Å². The molecule has 0 aliphatic carbocycles. The van der Waals surface area contributed by atoms with Crippen molar-refractivity contribution >= 4 is 52.5 Å². The lowest BCUT2D eigenvalue weighted by atomic mass is 10.0. The Morgan fingerprint density at radius 2 is 1.83 bits per heavy atom. The second-order valence-electron chi connectivity index (χ2n) is 8.17. The summed E-state index contributed by atoms with van der Waals surface area (Å²) in [4.78, 5) is 25.2. The van der Waals surface area contributed by atoms with E-state index in [1.165, 1.54) is 23.4 Å². The zero-order valence-corrected chi connectivity index (χ0v) is 22.0. The average Bonchev–Trinajstić information content (AvgIpc) is 3.21. The Morgan fingerprint density at radius 1 is 1.11 bits per heavy atom. The first kappa shape index (κ1) is 26.8. The number of rotatable bonds is 10. The molecular formula is C25H27Cl2N5O2S. The smallest absolute Gasteiger partial charge is 0.253 e. The second-order valence-corrected chi connectivity index (χ2v) is 9.96. The molecule has 7 nitrogen and oxygen atoms in total. The van der Waals surface area contributed by atoms with Gasteiger partial charge in [0.1, 0.15) is 0 Å². The topological polar surface area (TPSA) is 88.9 Å². The Morgan fingerprint density at radius 3 is 2.46 bits per heavy atom. The molecule has 3 rings (SSSR count). The molecule has 1 aromatic heterocycles. The molecule has 0 fully saturated rings. The summed E-state index contributed by atoms with van der Waals surface area (Å²) in [7, 11) is 0. The molecular weight excluding hydrogens is 505 g/mol. The summed E-state index contributed by atoms with van der Waals surface area (Å²) in [5.41, 5.74) is 2.26. The summed E-state index contributed by atoms with van der Waals surface area (Å²) in [6.07, 6.45) is 1.71. The monoisotopic (exact) mass is 531 g/mol. The molecule has 0 unspecified atom stereocenters. The van der Waals surface area contributed by atoms with E-state index in [1.807, 2.05) is 28.8 Å². The fraction of sp³-hybridized carbons (Fsp3) is 0.280. The fourth-order valence-electron chi connectivity index (χ4n) is 3.32. The Bertz CT molecular complexity index is 1210. The molecule has 2 N–H and O–H groups in total. The van der Waals surface area contributed by atoms with E-state index in [9.17, 15) is 9.59 Å². The van der Waals surface area contributed by atoms with Crippen molar-refractivity contribution in [1.82, 2.24) is 20.1 Å². The number of nitrogens with zero attached hydrogens (tertiary/aromatic N) is 3. The Kier molecular flexibility index (Phi) is 9.37. The number of nitrogens with one attached hydrogen (secondary N) is 2. The van der Waals surface area contributed by atoms with E-state index < -0.39 is 6.04 Å². The molecule has 184 valence electrons. The van der Waals surface area contributed by atoms with Gasteiger partial charge in [0, 0.05) is 17.3 Å². The van der Waals surface area contributed by atoms with E-state index in [-0.39, 0.29) is 22.6 Å². The molecule has 0 saturated carbocycles. The van der Waals surface area contributed by atoms with E-state index in [2.05, 4.69) is 41.3 Å². The van der Waals surface area contributed by atoms with Crippen LogP contribution in [-0.4, -0.2) is 32.3 Å². The SMILES string of the molecule is C=CCn1c(SCC(=O)Nc2ccc(C(C)C)cc2)nnc1[C@H](C)NC(=O)c1ccc(Cl)cc1Cl. The number of halogens is 2. The molecule has 1 heterocycles. The first-order valence-electron chi connectivity index (χ1n) is 11.0. The van der Waals surface area contributed by atoms with Gasteiger partial charge in [0.05, 0.1) is 22.4 Å². The summed E-state index contributed by atoms with van der Waals surface area (Å²) in [6.45, 7) is 10.3. The van der Waals surface area contributed by atoms with Crippen molar-refractivity contribution in [3.63, 3.8) is 0 Å². The maximum Gasteiger partial charge on any atom is 0.253 e. The zero-order valence-electron chi connectivity index (χ0n) is 19.7. The highest BCUT2D eigenvalue weighted by Gasteiger charge is 2.21. The largest absolute Gasteiger partial charge is 0.342 e. The van der Waals surface area contributed by atoms with Crippen LogP contribution in [0.1, 0.15) is 54.5 Å². The third-order valence-corrected chi connectivity index (χ3v) is 6.68. The number of hydrogen-bond acceptors (Lipinski definition) is 5. The number of thioether (sulfide) groups is 1. The third kappa shape index (κ3) is 7.10. The van der Waals surface area contributed by atoms with Crippen LogP contribution in [0.2, 0.25) is 10.0 Å². The van der Waals surface area contributed by atoms with Gasteiger partial charge >= 0.3 is 0 Å². The molecule has 0 aliphatic rings. The minimum atomic E-state index is -0.468. The Balaban J connectivity index is 1.65. The van der Waals surface area contributed by atoms with Gasteiger partial charge in [-0.25, -0.2) is 0 Å². The molecule has 2 aromatic carbocycles. The Hall–Kier alpha value is -2.81. The summed E-state index contributed by atoms with van der Waals surface area (Å²) < 4.78 is 1.82. The molecule has 35 heavy (non-hydrogen) atoms. The summed E-state index contributed by atoms with van der Waals surface area (Å²) >= 11 is 13.3. The number of carbonyl (C=O) groups excluding carboxylic acids is 2. The lowest BCUT2D eigenvalue weighted by Crippen LogP contribution is -2.29. The molecule has 0 spiro atoms. The van der Waals surface area contributed by atoms with Crippen LogP contribution < -0.4 is 10.6 Å². The maximum absolute atomic E-state index is 12.7. The van der Waals surface area contributed by atoms with Crippen LogP contribution in [0.3, 0.4) is 0 Å². The molecule has 0 aliphatic heterocycles. The minimum Gasteiger partial charge on any atom is -0.342 e. The van der Waals surface area contributed by atoms with Gasteiger partial charge in [0.2, 0.25) is 5.91 Å². The van der Waals surface area contributed by atoms with Crippen molar-refractivity contribution in [2.45, 2.75) is 44.4 Å². The fourth-order valence-corrected chi connectivity index (χ4v) is 4.57. The number of benzene rings is 2. The van der Waals surface area contributed by atoms with Gasteiger partial charge < -0.3 is 15.2 Å². The van der Waals surface area contributed by atoms with Gasteiger partial charge in [-0.15, -0.1) is 16.8 Å². The quantitative estimate of drug-likeness (QED) is 0.243. The van der Waals surface area contributed by atoms with Gasteiger partial charge in [-0.3, -0.25) is 9.59 Å². The highest BCUT2D eigenvalue weighted by Crippen LogP contribution is 2.24. The van der Waals surface area contributed by atoms with Crippen molar-refractivity contribution in [3.8, 4) is 0 Å².